The molecule has 3 heteroatoms. The van der Waals surface area contributed by atoms with Crippen LogP contribution >= 0.6 is 0 Å². The lowest BCUT2D eigenvalue weighted by atomic mass is 10.1. The quantitative estimate of drug-likeness (QED) is 0.768. The standard InChI is InChI=1S/C12H18N2O/c1-10-4-6-14(7-5-10)11(9-13)12-3-2-8-15-12/h2-4,8,11H,5-7,9,13H2,1H3. The van der Waals surface area contributed by atoms with E-state index in [-0.39, 0.29) is 6.04 Å². The van der Waals surface area contributed by atoms with Crippen LogP contribution in [-0.2, 0) is 0 Å². The summed E-state index contributed by atoms with van der Waals surface area (Å²) >= 11 is 0. The van der Waals surface area contributed by atoms with Crippen LogP contribution in [0.2, 0.25) is 0 Å². The van der Waals surface area contributed by atoms with E-state index in [2.05, 4.69) is 17.9 Å². The zero-order valence-corrected chi connectivity index (χ0v) is 9.15. The summed E-state index contributed by atoms with van der Waals surface area (Å²) in [5.74, 6) is 0.977. The fourth-order valence-electron chi connectivity index (χ4n) is 2.00. The Hall–Kier alpha value is -1.06. The number of rotatable bonds is 3. The molecule has 2 heterocycles. The lowest BCUT2D eigenvalue weighted by molar-refractivity contribution is 0.193. The smallest absolute Gasteiger partial charge is 0.122 e. The summed E-state index contributed by atoms with van der Waals surface area (Å²) in [7, 11) is 0. The fourth-order valence-corrected chi connectivity index (χ4v) is 2.00. The van der Waals surface area contributed by atoms with Gasteiger partial charge in [-0.1, -0.05) is 11.6 Å². The van der Waals surface area contributed by atoms with Crippen LogP contribution in [0.1, 0.15) is 25.1 Å². The van der Waals surface area contributed by atoms with Crippen LogP contribution in [0.25, 0.3) is 0 Å². The van der Waals surface area contributed by atoms with E-state index in [1.165, 1.54) is 5.57 Å². The Morgan fingerprint density at radius 1 is 1.60 bits per heavy atom. The van der Waals surface area contributed by atoms with Crippen LogP contribution in [0, 0.1) is 0 Å². The predicted octanol–water partition coefficient (Wildman–Crippen LogP) is 1.93. The average Bonchev–Trinajstić information content (AvgIpc) is 2.75. The van der Waals surface area contributed by atoms with Crippen molar-refractivity contribution in [2.24, 2.45) is 5.73 Å². The Morgan fingerprint density at radius 2 is 2.47 bits per heavy atom. The van der Waals surface area contributed by atoms with E-state index in [1.54, 1.807) is 6.26 Å². The van der Waals surface area contributed by atoms with E-state index in [0.717, 1.165) is 25.3 Å². The molecular formula is C12H18N2O. The number of hydrogen-bond donors (Lipinski definition) is 1. The third kappa shape index (κ3) is 2.30. The molecule has 0 fully saturated rings. The van der Waals surface area contributed by atoms with E-state index in [9.17, 15) is 0 Å². The Labute approximate surface area is 90.5 Å². The van der Waals surface area contributed by atoms with Gasteiger partial charge >= 0.3 is 0 Å². The van der Waals surface area contributed by atoms with Crippen LogP contribution in [0.15, 0.2) is 34.5 Å². The molecule has 2 rings (SSSR count). The van der Waals surface area contributed by atoms with Gasteiger partial charge in [-0.15, -0.1) is 0 Å². The van der Waals surface area contributed by atoms with E-state index in [4.69, 9.17) is 10.2 Å². The molecule has 82 valence electrons. The molecule has 0 aromatic carbocycles. The maximum atomic E-state index is 5.81. The second-order valence-electron chi connectivity index (χ2n) is 4.06. The molecule has 15 heavy (non-hydrogen) atoms. The third-order valence-corrected chi connectivity index (χ3v) is 3.00. The SMILES string of the molecule is CC1=CCN(C(CN)c2ccco2)CC1. The summed E-state index contributed by atoms with van der Waals surface area (Å²) in [4.78, 5) is 2.37. The monoisotopic (exact) mass is 206 g/mol. The highest BCUT2D eigenvalue weighted by Crippen LogP contribution is 2.23. The van der Waals surface area contributed by atoms with Gasteiger partial charge in [-0.2, -0.15) is 0 Å². The number of nitrogens with zero attached hydrogens (tertiary/aromatic N) is 1. The first-order valence-electron chi connectivity index (χ1n) is 5.44. The van der Waals surface area contributed by atoms with Gasteiger partial charge < -0.3 is 10.2 Å². The minimum atomic E-state index is 0.226. The molecule has 1 aliphatic rings. The van der Waals surface area contributed by atoms with Gasteiger partial charge in [-0.05, 0) is 25.5 Å². The van der Waals surface area contributed by atoms with Crippen molar-refractivity contribution in [1.82, 2.24) is 4.90 Å². The highest BCUT2D eigenvalue weighted by atomic mass is 16.3. The van der Waals surface area contributed by atoms with Crippen LogP contribution in [-0.4, -0.2) is 24.5 Å². The molecule has 0 saturated heterocycles. The molecule has 1 aromatic rings. The lowest BCUT2D eigenvalue weighted by Crippen LogP contribution is -2.36. The predicted molar refractivity (Wildman–Crippen MR) is 60.5 cm³/mol. The number of nitrogens with two attached hydrogens (primary N) is 1. The van der Waals surface area contributed by atoms with Gasteiger partial charge in [0.15, 0.2) is 0 Å². The molecule has 1 aliphatic heterocycles. The normalized spacial score (nSPS) is 20.0. The average molecular weight is 206 g/mol. The molecule has 0 spiro atoms. The zero-order valence-electron chi connectivity index (χ0n) is 9.15. The van der Waals surface area contributed by atoms with Crippen LogP contribution in [0.5, 0.6) is 0 Å². The number of hydrogen-bond acceptors (Lipinski definition) is 3. The minimum absolute atomic E-state index is 0.226. The zero-order chi connectivity index (χ0) is 10.7. The molecule has 1 atom stereocenters. The number of furan rings is 1. The van der Waals surface area contributed by atoms with Crippen LogP contribution in [0.3, 0.4) is 0 Å². The van der Waals surface area contributed by atoms with Gasteiger partial charge in [0.1, 0.15) is 5.76 Å². The highest BCUT2D eigenvalue weighted by molar-refractivity contribution is 5.10. The summed E-state index contributed by atoms with van der Waals surface area (Å²) < 4.78 is 5.42. The van der Waals surface area contributed by atoms with Crippen molar-refractivity contribution < 1.29 is 4.42 Å². The fraction of sp³-hybridized carbons (Fsp3) is 0.500. The van der Waals surface area contributed by atoms with Crippen LogP contribution in [0.4, 0.5) is 0 Å². The summed E-state index contributed by atoms with van der Waals surface area (Å²) in [6.07, 6.45) is 5.12. The maximum absolute atomic E-state index is 5.81. The van der Waals surface area contributed by atoms with Crippen molar-refractivity contribution in [1.29, 1.82) is 0 Å². The van der Waals surface area contributed by atoms with Crippen molar-refractivity contribution in [3.8, 4) is 0 Å². The third-order valence-electron chi connectivity index (χ3n) is 3.00. The Morgan fingerprint density at radius 3 is 3.00 bits per heavy atom. The summed E-state index contributed by atoms with van der Waals surface area (Å²) in [6, 6.07) is 4.15. The Bertz CT molecular complexity index is 329. The van der Waals surface area contributed by atoms with E-state index >= 15 is 0 Å². The maximum Gasteiger partial charge on any atom is 0.122 e. The summed E-state index contributed by atoms with van der Waals surface area (Å²) in [6.45, 7) is 4.85. The molecule has 0 bridgehead atoms. The molecule has 0 radical (unpaired) electrons. The van der Waals surface area contributed by atoms with Crippen molar-refractivity contribution in [3.63, 3.8) is 0 Å². The molecule has 2 N–H and O–H groups in total. The second kappa shape index (κ2) is 4.64. The van der Waals surface area contributed by atoms with Gasteiger partial charge in [0.2, 0.25) is 0 Å². The lowest BCUT2D eigenvalue weighted by Gasteiger charge is -2.31. The van der Waals surface area contributed by atoms with E-state index in [1.807, 2.05) is 12.1 Å². The summed E-state index contributed by atoms with van der Waals surface area (Å²) in [5, 5.41) is 0. The molecule has 0 saturated carbocycles. The molecular weight excluding hydrogens is 188 g/mol. The Balaban J connectivity index is 2.08. The topological polar surface area (TPSA) is 42.4 Å². The highest BCUT2D eigenvalue weighted by Gasteiger charge is 2.22. The summed E-state index contributed by atoms with van der Waals surface area (Å²) in [5.41, 5.74) is 7.28. The van der Waals surface area contributed by atoms with E-state index < -0.39 is 0 Å². The molecule has 0 amide bonds. The molecule has 3 nitrogen and oxygen atoms in total. The molecule has 1 aromatic heterocycles. The van der Waals surface area contributed by atoms with Gasteiger partial charge in [0.25, 0.3) is 0 Å². The first-order chi connectivity index (χ1) is 7.31. The second-order valence-corrected chi connectivity index (χ2v) is 4.06. The largest absolute Gasteiger partial charge is 0.468 e. The minimum Gasteiger partial charge on any atom is -0.468 e. The van der Waals surface area contributed by atoms with Crippen molar-refractivity contribution in [2.75, 3.05) is 19.6 Å². The van der Waals surface area contributed by atoms with Gasteiger partial charge in [0.05, 0.1) is 12.3 Å². The van der Waals surface area contributed by atoms with Crippen molar-refractivity contribution >= 4 is 0 Å². The molecule has 1 unspecified atom stereocenters. The van der Waals surface area contributed by atoms with Crippen LogP contribution < -0.4 is 5.73 Å². The van der Waals surface area contributed by atoms with Crippen molar-refractivity contribution in [3.05, 3.63) is 35.8 Å². The first kappa shape index (κ1) is 10.5. The van der Waals surface area contributed by atoms with Gasteiger partial charge in [0, 0.05) is 19.6 Å². The van der Waals surface area contributed by atoms with Gasteiger partial charge in [-0.3, -0.25) is 4.90 Å². The first-order valence-corrected chi connectivity index (χ1v) is 5.44. The molecule has 0 aliphatic carbocycles. The van der Waals surface area contributed by atoms with Crippen molar-refractivity contribution in [2.45, 2.75) is 19.4 Å². The Kier molecular flexibility index (Phi) is 3.23. The van der Waals surface area contributed by atoms with Gasteiger partial charge in [-0.25, -0.2) is 0 Å². The van der Waals surface area contributed by atoms with E-state index in [0.29, 0.717) is 6.54 Å².